The van der Waals surface area contributed by atoms with Crippen LogP contribution in [0.2, 0.25) is 0 Å². The first-order valence-corrected chi connectivity index (χ1v) is 6.92. The quantitative estimate of drug-likeness (QED) is 0.816. The molecular formula is C17H25NO. The van der Waals surface area contributed by atoms with Crippen LogP contribution in [0.1, 0.15) is 52.2 Å². The Labute approximate surface area is 116 Å². The molecule has 1 rings (SSSR count). The fourth-order valence-electron chi connectivity index (χ4n) is 1.66. The zero-order valence-electron chi connectivity index (χ0n) is 12.7. The van der Waals surface area contributed by atoms with Crippen LogP contribution < -0.4 is 5.32 Å². The van der Waals surface area contributed by atoms with Crippen LogP contribution in [-0.4, -0.2) is 11.9 Å². The number of nitrogens with one attached hydrogen (secondary N) is 1. The lowest BCUT2D eigenvalue weighted by Crippen LogP contribution is -2.30. The van der Waals surface area contributed by atoms with Crippen LogP contribution in [-0.2, 0) is 10.2 Å². The van der Waals surface area contributed by atoms with Gasteiger partial charge in [0, 0.05) is 12.1 Å². The molecule has 1 aromatic rings. The van der Waals surface area contributed by atoms with Gasteiger partial charge < -0.3 is 5.32 Å². The normalized spacial score (nSPS) is 13.5. The number of rotatable bonds is 4. The lowest BCUT2D eigenvalue weighted by Gasteiger charge is -2.18. The van der Waals surface area contributed by atoms with E-state index in [0.29, 0.717) is 0 Å². The molecule has 0 aliphatic rings. The third-order valence-electron chi connectivity index (χ3n) is 3.20. The highest BCUT2D eigenvalue weighted by Crippen LogP contribution is 2.22. The van der Waals surface area contributed by atoms with Crippen molar-refractivity contribution in [1.82, 2.24) is 5.32 Å². The van der Waals surface area contributed by atoms with Gasteiger partial charge >= 0.3 is 0 Å². The smallest absolute Gasteiger partial charge is 0.244 e. The Kier molecular flexibility index (Phi) is 5.34. The molecule has 0 aromatic heterocycles. The zero-order valence-corrected chi connectivity index (χ0v) is 12.7. The third kappa shape index (κ3) is 5.29. The molecule has 2 heteroatoms. The molecule has 0 aliphatic heterocycles. The minimum atomic E-state index is -0.0331. The highest BCUT2D eigenvalue weighted by atomic mass is 16.1. The fourth-order valence-corrected chi connectivity index (χ4v) is 1.66. The largest absolute Gasteiger partial charge is 0.350 e. The number of carbonyl (C=O) groups is 1. The number of benzene rings is 1. The van der Waals surface area contributed by atoms with Crippen LogP contribution in [0.3, 0.4) is 0 Å². The molecule has 19 heavy (non-hydrogen) atoms. The van der Waals surface area contributed by atoms with Crippen molar-refractivity contribution >= 4 is 12.0 Å². The Morgan fingerprint density at radius 2 is 1.84 bits per heavy atom. The minimum absolute atomic E-state index is 0.0331. The van der Waals surface area contributed by atoms with E-state index in [4.69, 9.17) is 0 Å². The molecule has 1 aromatic carbocycles. The summed E-state index contributed by atoms with van der Waals surface area (Å²) in [6.07, 6.45) is 4.39. The molecule has 0 radical (unpaired) electrons. The van der Waals surface area contributed by atoms with E-state index >= 15 is 0 Å². The van der Waals surface area contributed by atoms with E-state index < -0.39 is 0 Å². The maximum Gasteiger partial charge on any atom is 0.244 e. The number of amides is 1. The lowest BCUT2D eigenvalue weighted by molar-refractivity contribution is -0.117. The Morgan fingerprint density at radius 3 is 2.32 bits per heavy atom. The predicted octanol–water partition coefficient (Wildman–Crippen LogP) is 3.91. The van der Waals surface area contributed by atoms with Gasteiger partial charge in [-0.05, 0) is 36.0 Å². The van der Waals surface area contributed by atoms with Crippen molar-refractivity contribution in [2.24, 2.45) is 0 Å². The first-order chi connectivity index (χ1) is 8.82. The number of carbonyl (C=O) groups excluding carboxylic acids is 1. The second kappa shape index (κ2) is 6.55. The molecule has 1 atom stereocenters. The molecule has 0 bridgehead atoms. The van der Waals surface area contributed by atoms with Crippen molar-refractivity contribution in [3.05, 3.63) is 41.5 Å². The van der Waals surface area contributed by atoms with Crippen molar-refractivity contribution in [2.75, 3.05) is 0 Å². The van der Waals surface area contributed by atoms with E-state index in [0.717, 1.165) is 12.0 Å². The third-order valence-corrected chi connectivity index (χ3v) is 3.20. The van der Waals surface area contributed by atoms with Crippen LogP contribution in [0.4, 0.5) is 0 Å². The molecule has 104 valence electrons. The molecule has 1 amide bonds. The fraction of sp³-hybridized carbons (Fsp3) is 0.471. The molecule has 1 unspecified atom stereocenters. The number of hydrogen-bond donors (Lipinski definition) is 1. The summed E-state index contributed by atoms with van der Waals surface area (Å²) < 4.78 is 0. The Bertz CT molecular complexity index is 437. The standard InChI is InChI=1S/C17H25NO/c1-6-13(2)18-16(19)12-9-14-7-10-15(11-8-14)17(3,4)5/h7-13H,6H2,1-5H3,(H,18,19). The molecule has 0 saturated carbocycles. The summed E-state index contributed by atoms with van der Waals surface area (Å²) >= 11 is 0. The minimum Gasteiger partial charge on any atom is -0.350 e. The average Bonchev–Trinajstić information content (AvgIpc) is 2.35. The molecule has 0 fully saturated rings. The van der Waals surface area contributed by atoms with E-state index in [1.54, 1.807) is 6.08 Å². The Hall–Kier alpha value is -1.57. The summed E-state index contributed by atoms with van der Waals surface area (Å²) in [5.41, 5.74) is 2.51. The summed E-state index contributed by atoms with van der Waals surface area (Å²) in [5.74, 6) is -0.0331. The van der Waals surface area contributed by atoms with Crippen LogP contribution >= 0.6 is 0 Å². The van der Waals surface area contributed by atoms with Crippen LogP contribution in [0.15, 0.2) is 30.3 Å². The second-order valence-electron chi connectivity index (χ2n) is 6.02. The van der Waals surface area contributed by atoms with Gasteiger partial charge in [-0.15, -0.1) is 0 Å². The van der Waals surface area contributed by atoms with Crippen molar-refractivity contribution in [1.29, 1.82) is 0 Å². The van der Waals surface area contributed by atoms with E-state index in [2.05, 4.69) is 45.1 Å². The van der Waals surface area contributed by atoms with Crippen molar-refractivity contribution in [2.45, 2.75) is 52.5 Å². The van der Waals surface area contributed by atoms with Crippen molar-refractivity contribution < 1.29 is 4.79 Å². The van der Waals surface area contributed by atoms with Crippen LogP contribution in [0, 0.1) is 0 Å². The highest BCUT2D eigenvalue weighted by Gasteiger charge is 2.12. The summed E-state index contributed by atoms with van der Waals surface area (Å²) in [6.45, 7) is 10.6. The highest BCUT2D eigenvalue weighted by molar-refractivity contribution is 5.91. The molecule has 0 aliphatic carbocycles. The summed E-state index contributed by atoms with van der Waals surface area (Å²) in [7, 11) is 0. The Balaban J connectivity index is 2.65. The van der Waals surface area contributed by atoms with Gasteiger partial charge in [-0.2, -0.15) is 0 Å². The van der Waals surface area contributed by atoms with Gasteiger partial charge in [0.2, 0.25) is 5.91 Å². The monoisotopic (exact) mass is 259 g/mol. The van der Waals surface area contributed by atoms with E-state index in [-0.39, 0.29) is 17.4 Å². The van der Waals surface area contributed by atoms with E-state index in [9.17, 15) is 4.79 Å². The van der Waals surface area contributed by atoms with Gasteiger partial charge in [0.25, 0.3) is 0 Å². The topological polar surface area (TPSA) is 29.1 Å². The SMILES string of the molecule is CCC(C)NC(=O)C=Cc1ccc(C(C)(C)C)cc1. The number of hydrogen-bond acceptors (Lipinski definition) is 1. The van der Waals surface area contributed by atoms with Crippen LogP contribution in [0.25, 0.3) is 6.08 Å². The Morgan fingerprint density at radius 1 is 1.26 bits per heavy atom. The van der Waals surface area contributed by atoms with Gasteiger partial charge in [-0.3, -0.25) is 4.79 Å². The van der Waals surface area contributed by atoms with Gasteiger partial charge in [0.1, 0.15) is 0 Å². The molecule has 0 spiro atoms. The molecule has 0 saturated heterocycles. The second-order valence-corrected chi connectivity index (χ2v) is 6.02. The van der Waals surface area contributed by atoms with E-state index in [1.807, 2.05) is 25.1 Å². The van der Waals surface area contributed by atoms with Gasteiger partial charge in [0.05, 0.1) is 0 Å². The average molecular weight is 259 g/mol. The van der Waals surface area contributed by atoms with Gasteiger partial charge in [0.15, 0.2) is 0 Å². The first kappa shape index (κ1) is 15.5. The summed E-state index contributed by atoms with van der Waals surface area (Å²) in [5, 5.41) is 2.91. The van der Waals surface area contributed by atoms with E-state index in [1.165, 1.54) is 5.56 Å². The lowest BCUT2D eigenvalue weighted by atomic mass is 9.87. The molecule has 0 heterocycles. The maximum atomic E-state index is 11.6. The maximum absolute atomic E-state index is 11.6. The van der Waals surface area contributed by atoms with Crippen molar-refractivity contribution in [3.63, 3.8) is 0 Å². The zero-order chi connectivity index (χ0) is 14.5. The summed E-state index contributed by atoms with van der Waals surface area (Å²) in [4.78, 5) is 11.6. The van der Waals surface area contributed by atoms with Gasteiger partial charge in [-0.25, -0.2) is 0 Å². The summed E-state index contributed by atoms with van der Waals surface area (Å²) in [6, 6.07) is 8.56. The van der Waals surface area contributed by atoms with Gasteiger partial charge in [-0.1, -0.05) is 52.0 Å². The first-order valence-electron chi connectivity index (χ1n) is 6.92. The predicted molar refractivity (Wildman–Crippen MR) is 82.1 cm³/mol. The molecule has 2 nitrogen and oxygen atoms in total. The molecular weight excluding hydrogens is 234 g/mol. The van der Waals surface area contributed by atoms with Crippen molar-refractivity contribution in [3.8, 4) is 0 Å². The molecule has 1 N–H and O–H groups in total. The van der Waals surface area contributed by atoms with Crippen LogP contribution in [0.5, 0.6) is 0 Å².